The number of hydrogen-bond acceptors (Lipinski definition) is 4. The summed E-state index contributed by atoms with van der Waals surface area (Å²) in [5, 5.41) is 5.66. The maximum atomic E-state index is 13.1. The van der Waals surface area contributed by atoms with Gasteiger partial charge in [-0.15, -0.1) is 0 Å². The first-order valence-electron chi connectivity index (χ1n) is 10.5. The van der Waals surface area contributed by atoms with E-state index < -0.39 is 23.5 Å². The number of fused-ring (bicyclic) bond motifs is 1. The highest BCUT2D eigenvalue weighted by Gasteiger charge is 2.54. The fourth-order valence-electron chi connectivity index (χ4n) is 4.59. The first-order valence-corrected chi connectivity index (χ1v) is 10.5. The lowest BCUT2D eigenvalue weighted by atomic mass is 9.97. The number of nitrogens with zero attached hydrogens (tertiary/aromatic N) is 3. The summed E-state index contributed by atoms with van der Waals surface area (Å²) < 4.78 is 1.85. The number of anilines is 1. The molecule has 0 bridgehead atoms. The Kier molecular flexibility index (Phi) is 4.50. The molecule has 1 atom stereocenters. The number of benzene rings is 2. The topological polar surface area (TPSA) is 96.3 Å². The fraction of sp³-hybridized carbons (Fsp3) is 0.304. The summed E-state index contributed by atoms with van der Waals surface area (Å²) in [5.41, 5.74) is 1.58. The smallest absolute Gasteiger partial charge is 0.323 e. The summed E-state index contributed by atoms with van der Waals surface area (Å²) in [5.74, 6) is -0.438. The third kappa shape index (κ3) is 3.06. The Morgan fingerprint density at radius 1 is 1.06 bits per heavy atom. The van der Waals surface area contributed by atoms with Crippen LogP contribution in [0.3, 0.4) is 0 Å². The molecule has 1 unspecified atom stereocenters. The van der Waals surface area contributed by atoms with E-state index in [9.17, 15) is 14.4 Å². The molecule has 8 nitrogen and oxygen atoms in total. The highest BCUT2D eigenvalue weighted by atomic mass is 16.2. The number of rotatable bonds is 4. The van der Waals surface area contributed by atoms with E-state index in [1.165, 1.54) is 0 Å². The molecule has 2 fully saturated rings. The average Bonchev–Trinajstić information content (AvgIpc) is 3.45. The number of imide groups is 1. The number of para-hydroxylation sites is 3. The summed E-state index contributed by atoms with van der Waals surface area (Å²) in [4.78, 5) is 44.3. The van der Waals surface area contributed by atoms with Crippen LogP contribution in [0.25, 0.3) is 16.7 Å². The highest BCUT2D eigenvalue weighted by Crippen LogP contribution is 2.36. The SMILES string of the molecule is CC(C(=O)Nc1nc2ccccc2n1-c1ccccc1)N1C(=O)NC2(CCCC2)C1=O. The Hall–Kier alpha value is -3.68. The van der Waals surface area contributed by atoms with Gasteiger partial charge in [0.1, 0.15) is 11.6 Å². The number of hydrogen-bond donors (Lipinski definition) is 2. The zero-order valence-corrected chi connectivity index (χ0v) is 17.2. The molecule has 1 spiro atoms. The summed E-state index contributed by atoms with van der Waals surface area (Å²) in [6.07, 6.45) is 3.02. The molecule has 8 heteroatoms. The molecule has 4 amide bonds. The number of carbonyl (C=O) groups is 3. The largest absolute Gasteiger partial charge is 0.325 e. The Bertz CT molecular complexity index is 1180. The van der Waals surface area contributed by atoms with E-state index in [4.69, 9.17) is 0 Å². The van der Waals surface area contributed by atoms with Gasteiger partial charge in [0.05, 0.1) is 11.0 Å². The Labute approximate surface area is 179 Å². The molecule has 0 radical (unpaired) electrons. The van der Waals surface area contributed by atoms with Crippen molar-refractivity contribution in [3.8, 4) is 5.69 Å². The molecule has 3 aromatic rings. The van der Waals surface area contributed by atoms with Gasteiger partial charge in [0.15, 0.2) is 0 Å². The van der Waals surface area contributed by atoms with E-state index in [2.05, 4.69) is 15.6 Å². The number of aromatic nitrogens is 2. The molecular formula is C23H23N5O3. The first-order chi connectivity index (χ1) is 15.0. The minimum atomic E-state index is -0.962. The standard InChI is InChI=1S/C23H23N5O3/c1-15(27-20(30)23(26-22(27)31)13-7-8-14-23)19(29)25-21-24-17-11-5-6-12-18(17)28(21)16-9-3-2-4-10-16/h2-6,9-12,15H,7-8,13-14H2,1H3,(H,26,31)(H,24,25,29). The Morgan fingerprint density at radius 2 is 1.74 bits per heavy atom. The predicted molar refractivity (Wildman–Crippen MR) is 116 cm³/mol. The molecule has 158 valence electrons. The summed E-state index contributed by atoms with van der Waals surface area (Å²) in [7, 11) is 0. The van der Waals surface area contributed by atoms with Crippen LogP contribution >= 0.6 is 0 Å². The van der Waals surface area contributed by atoms with Crippen molar-refractivity contribution in [3.63, 3.8) is 0 Å². The second kappa shape index (κ2) is 7.23. The van der Waals surface area contributed by atoms with Crippen LogP contribution in [0, 0.1) is 0 Å². The third-order valence-corrected chi connectivity index (χ3v) is 6.23. The molecule has 31 heavy (non-hydrogen) atoms. The van der Waals surface area contributed by atoms with Crippen LogP contribution in [0.2, 0.25) is 0 Å². The molecule has 5 rings (SSSR count). The number of carbonyl (C=O) groups excluding carboxylic acids is 3. The van der Waals surface area contributed by atoms with Gasteiger partial charge >= 0.3 is 6.03 Å². The maximum absolute atomic E-state index is 13.1. The monoisotopic (exact) mass is 417 g/mol. The van der Waals surface area contributed by atoms with Crippen molar-refractivity contribution >= 4 is 34.8 Å². The molecule has 1 saturated heterocycles. The van der Waals surface area contributed by atoms with E-state index in [1.807, 2.05) is 59.2 Å². The quantitative estimate of drug-likeness (QED) is 0.637. The van der Waals surface area contributed by atoms with Gasteiger partial charge in [-0.2, -0.15) is 0 Å². The summed E-state index contributed by atoms with van der Waals surface area (Å²) >= 11 is 0. The molecule has 2 N–H and O–H groups in total. The van der Waals surface area contributed by atoms with E-state index in [-0.39, 0.29) is 5.91 Å². The fourth-order valence-corrected chi connectivity index (χ4v) is 4.59. The Morgan fingerprint density at radius 3 is 2.48 bits per heavy atom. The molecule has 1 aromatic heterocycles. The lowest BCUT2D eigenvalue weighted by Crippen LogP contribution is -2.48. The second-order valence-electron chi connectivity index (χ2n) is 8.15. The first kappa shape index (κ1) is 19.3. The lowest BCUT2D eigenvalue weighted by Gasteiger charge is -2.23. The van der Waals surface area contributed by atoms with Crippen LogP contribution in [0.5, 0.6) is 0 Å². The van der Waals surface area contributed by atoms with Gasteiger partial charge in [0.2, 0.25) is 11.9 Å². The second-order valence-corrected chi connectivity index (χ2v) is 8.15. The van der Waals surface area contributed by atoms with Gasteiger partial charge in [0, 0.05) is 5.69 Å². The van der Waals surface area contributed by atoms with Crippen molar-refractivity contribution in [1.82, 2.24) is 19.8 Å². The number of urea groups is 1. The third-order valence-electron chi connectivity index (χ3n) is 6.23. The van der Waals surface area contributed by atoms with Gasteiger partial charge in [-0.1, -0.05) is 43.2 Å². The van der Waals surface area contributed by atoms with Crippen molar-refractivity contribution in [3.05, 3.63) is 54.6 Å². The van der Waals surface area contributed by atoms with E-state index in [0.717, 1.165) is 34.5 Å². The van der Waals surface area contributed by atoms with Crippen molar-refractivity contribution in [2.45, 2.75) is 44.2 Å². The molecule has 2 aliphatic rings. The highest BCUT2D eigenvalue weighted by molar-refractivity contribution is 6.11. The molecule has 1 aliphatic heterocycles. The summed E-state index contributed by atoms with van der Waals surface area (Å²) in [6, 6.07) is 15.7. The van der Waals surface area contributed by atoms with Crippen molar-refractivity contribution in [2.24, 2.45) is 0 Å². The zero-order chi connectivity index (χ0) is 21.6. The summed E-state index contributed by atoms with van der Waals surface area (Å²) in [6.45, 7) is 1.57. The van der Waals surface area contributed by atoms with Crippen molar-refractivity contribution in [2.75, 3.05) is 5.32 Å². The minimum absolute atomic E-state index is 0.311. The van der Waals surface area contributed by atoms with Gasteiger partial charge in [-0.25, -0.2) is 14.7 Å². The molecule has 2 heterocycles. The molecule has 2 aromatic carbocycles. The van der Waals surface area contributed by atoms with Gasteiger partial charge < -0.3 is 5.32 Å². The molecule has 1 aliphatic carbocycles. The molecule has 1 saturated carbocycles. The average molecular weight is 417 g/mol. The van der Waals surface area contributed by atoms with Crippen LogP contribution in [-0.2, 0) is 9.59 Å². The van der Waals surface area contributed by atoms with E-state index in [0.29, 0.717) is 18.8 Å². The maximum Gasteiger partial charge on any atom is 0.325 e. The molecular weight excluding hydrogens is 394 g/mol. The van der Waals surface area contributed by atoms with Crippen LogP contribution in [0.4, 0.5) is 10.7 Å². The Balaban J connectivity index is 1.46. The number of imidazole rings is 1. The zero-order valence-electron chi connectivity index (χ0n) is 17.2. The van der Waals surface area contributed by atoms with Crippen molar-refractivity contribution in [1.29, 1.82) is 0 Å². The van der Waals surface area contributed by atoms with Crippen LogP contribution < -0.4 is 10.6 Å². The number of nitrogens with one attached hydrogen (secondary N) is 2. The van der Waals surface area contributed by atoms with Crippen LogP contribution in [0.15, 0.2) is 54.6 Å². The van der Waals surface area contributed by atoms with Gasteiger partial charge in [-0.3, -0.25) is 19.5 Å². The lowest BCUT2D eigenvalue weighted by molar-refractivity contribution is -0.136. The van der Waals surface area contributed by atoms with Gasteiger partial charge in [0.25, 0.3) is 5.91 Å². The van der Waals surface area contributed by atoms with Crippen LogP contribution in [0.1, 0.15) is 32.6 Å². The van der Waals surface area contributed by atoms with E-state index >= 15 is 0 Å². The number of amides is 4. The van der Waals surface area contributed by atoms with Crippen molar-refractivity contribution < 1.29 is 14.4 Å². The van der Waals surface area contributed by atoms with E-state index in [1.54, 1.807) is 6.92 Å². The van der Waals surface area contributed by atoms with Crippen LogP contribution in [-0.4, -0.2) is 43.9 Å². The predicted octanol–water partition coefficient (Wildman–Crippen LogP) is 3.22. The normalized spacial score (nSPS) is 18.5. The van der Waals surface area contributed by atoms with Gasteiger partial charge in [-0.05, 0) is 44.0 Å². The minimum Gasteiger partial charge on any atom is -0.323 e.